The second kappa shape index (κ2) is 10.6. The number of unbranched alkanes of at least 4 members (excludes halogenated alkanes) is 7. The van der Waals surface area contributed by atoms with Crippen LogP contribution >= 0.6 is 15.9 Å². The average Bonchev–Trinajstić information content (AvgIpc) is 2.59. The Bertz CT molecular complexity index is 545. The lowest BCUT2D eigenvalue weighted by atomic mass is 10.0. The van der Waals surface area contributed by atoms with Crippen LogP contribution in [0.1, 0.15) is 63.9 Å². The number of benzene rings is 1. The molecule has 0 N–H and O–H groups in total. The van der Waals surface area contributed by atoms with E-state index >= 15 is 0 Å². The summed E-state index contributed by atoms with van der Waals surface area (Å²) in [6, 6.07) is 13.0. The molecule has 2 rings (SSSR count). The molecule has 0 saturated carbocycles. The van der Waals surface area contributed by atoms with E-state index in [1.54, 1.807) is 0 Å². The minimum absolute atomic E-state index is 1.02. The summed E-state index contributed by atoms with van der Waals surface area (Å²) in [5, 5.41) is 0. The molecule has 0 spiro atoms. The maximum Gasteiger partial charge on any atom is 0.0702 e. The molecule has 1 aromatic heterocycles. The van der Waals surface area contributed by atoms with Crippen molar-refractivity contribution in [3.05, 3.63) is 52.6 Å². The second-order valence-corrected chi connectivity index (χ2v) is 7.20. The minimum atomic E-state index is 1.02. The first kappa shape index (κ1) is 18.2. The smallest absolute Gasteiger partial charge is 0.0702 e. The first-order chi connectivity index (χ1) is 11.3. The van der Waals surface area contributed by atoms with Gasteiger partial charge in [-0.1, -0.05) is 76.1 Å². The molecule has 0 fully saturated rings. The lowest BCUT2D eigenvalue weighted by Gasteiger charge is -2.05. The summed E-state index contributed by atoms with van der Waals surface area (Å²) in [6.45, 7) is 2.28. The van der Waals surface area contributed by atoms with Crippen molar-refractivity contribution >= 4 is 15.9 Å². The van der Waals surface area contributed by atoms with Crippen molar-refractivity contribution in [2.75, 3.05) is 0 Å². The number of nitrogens with zero attached hydrogens (tertiary/aromatic N) is 1. The fourth-order valence-corrected chi connectivity index (χ4v) is 3.09. The van der Waals surface area contributed by atoms with Gasteiger partial charge >= 0.3 is 0 Å². The first-order valence-corrected chi connectivity index (χ1v) is 9.80. The summed E-state index contributed by atoms with van der Waals surface area (Å²) in [5.41, 5.74) is 3.67. The molecule has 0 saturated heterocycles. The zero-order valence-corrected chi connectivity index (χ0v) is 15.8. The van der Waals surface area contributed by atoms with Gasteiger partial charge in [-0.2, -0.15) is 0 Å². The highest BCUT2D eigenvalue weighted by molar-refractivity contribution is 9.10. The van der Waals surface area contributed by atoms with E-state index in [1.807, 2.05) is 12.3 Å². The predicted molar refractivity (Wildman–Crippen MR) is 104 cm³/mol. The molecule has 1 nitrogen and oxygen atoms in total. The zero-order chi connectivity index (χ0) is 16.3. The molecule has 0 bridgehead atoms. The van der Waals surface area contributed by atoms with E-state index in [4.69, 9.17) is 0 Å². The number of aryl methyl sites for hydroxylation is 1. The van der Waals surface area contributed by atoms with Crippen molar-refractivity contribution < 1.29 is 0 Å². The Hall–Kier alpha value is -1.15. The van der Waals surface area contributed by atoms with Crippen LogP contribution in [0.2, 0.25) is 0 Å². The van der Waals surface area contributed by atoms with Crippen LogP contribution in [-0.2, 0) is 6.42 Å². The van der Waals surface area contributed by atoms with Gasteiger partial charge in [0.05, 0.1) is 5.69 Å². The van der Waals surface area contributed by atoms with Gasteiger partial charge in [-0.3, -0.25) is 4.98 Å². The Labute approximate surface area is 149 Å². The maximum absolute atomic E-state index is 4.45. The Morgan fingerprint density at radius 2 is 1.43 bits per heavy atom. The van der Waals surface area contributed by atoms with Crippen LogP contribution in [0.4, 0.5) is 0 Å². The van der Waals surface area contributed by atoms with Crippen LogP contribution in [0, 0.1) is 0 Å². The zero-order valence-electron chi connectivity index (χ0n) is 14.2. The van der Waals surface area contributed by atoms with Crippen LogP contribution < -0.4 is 0 Å². The molecule has 0 aliphatic rings. The van der Waals surface area contributed by atoms with Crippen molar-refractivity contribution in [2.45, 2.75) is 64.7 Å². The van der Waals surface area contributed by atoms with E-state index in [-0.39, 0.29) is 0 Å². The number of hydrogen-bond donors (Lipinski definition) is 0. The van der Waals surface area contributed by atoms with Crippen molar-refractivity contribution in [1.29, 1.82) is 0 Å². The van der Waals surface area contributed by atoms with E-state index in [0.29, 0.717) is 0 Å². The van der Waals surface area contributed by atoms with Gasteiger partial charge in [0.1, 0.15) is 0 Å². The van der Waals surface area contributed by atoms with Crippen LogP contribution in [-0.4, -0.2) is 4.98 Å². The van der Waals surface area contributed by atoms with Crippen molar-refractivity contribution in [2.24, 2.45) is 0 Å². The standard InChI is InChI=1S/C21H28BrN/c1-2-3-4-5-6-7-8-9-10-18-11-13-19(14-12-18)21-16-15-20(22)17-23-21/h11-17H,2-10H2,1H3. The number of halogens is 1. The summed E-state index contributed by atoms with van der Waals surface area (Å²) >= 11 is 3.43. The van der Waals surface area contributed by atoms with Gasteiger partial charge in [-0.05, 0) is 46.5 Å². The monoisotopic (exact) mass is 373 g/mol. The van der Waals surface area contributed by atoms with Crippen LogP contribution in [0.25, 0.3) is 11.3 Å². The molecule has 0 unspecified atom stereocenters. The lowest BCUT2D eigenvalue weighted by Crippen LogP contribution is -1.88. The summed E-state index contributed by atoms with van der Waals surface area (Å²) < 4.78 is 1.02. The summed E-state index contributed by atoms with van der Waals surface area (Å²) in [6.07, 6.45) is 14.1. The van der Waals surface area contributed by atoms with Gasteiger partial charge in [0, 0.05) is 16.2 Å². The third-order valence-electron chi connectivity index (χ3n) is 4.30. The van der Waals surface area contributed by atoms with Gasteiger partial charge in [0.2, 0.25) is 0 Å². The molecule has 0 amide bonds. The van der Waals surface area contributed by atoms with Gasteiger partial charge in [0.25, 0.3) is 0 Å². The Morgan fingerprint density at radius 3 is 2.04 bits per heavy atom. The molecular weight excluding hydrogens is 346 g/mol. The molecular formula is C21H28BrN. The molecule has 0 aliphatic carbocycles. The van der Waals surface area contributed by atoms with E-state index < -0.39 is 0 Å². The highest BCUT2D eigenvalue weighted by Crippen LogP contribution is 2.20. The lowest BCUT2D eigenvalue weighted by molar-refractivity contribution is 0.575. The van der Waals surface area contributed by atoms with Crippen LogP contribution in [0.5, 0.6) is 0 Å². The molecule has 124 valence electrons. The molecule has 2 heteroatoms. The normalized spacial score (nSPS) is 10.9. The predicted octanol–water partition coefficient (Wildman–Crippen LogP) is 7.19. The molecule has 2 aromatic rings. The van der Waals surface area contributed by atoms with Gasteiger partial charge in [0.15, 0.2) is 0 Å². The summed E-state index contributed by atoms with van der Waals surface area (Å²) in [5.74, 6) is 0. The Balaban J connectivity index is 1.68. The Kier molecular flexibility index (Phi) is 8.38. The summed E-state index contributed by atoms with van der Waals surface area (Å²) in [7, 11) is 0. The summed E-state index contributed by atoms with van der Waals surface area (Å²) in [4.78, 5) is 4.45. The molecule has 0 aliphatic heterocycles. The third-order valence-corrected chi connectivity index (χ3v) is 4.77. The van der Waals surface area contributed by atoms with Crippen molar-refractivity contribution in [3.63, 3.8) is 0 Å². The van der Waals surface area contributed by atoms with E-state index in [0.717, 1.165) is 10.2 Å². The third kappa shape index (κ3) is 6.87. The van der Waals surface area contributed by atoms with Gasteiger partial charge in [-0.25, -0.2) is 0 Å². The topological polar surface area (TPSA) is 12.9 Å². The Morgan fingerprint density at radius 1 is 0.783 bits per heavy atom. The van der Waals surface area contributed by atoms with Crippen molar-refractivity contribution in [1.82, 2.24) is 4.98 Å². The first-order valence-electron chi connectivity index (χ1n) is 9.00. The highest BCUT2D eigenvalue weighted by atomic mass is 79.9. The number of hydrogen-bond acceptors (Lipinski definition) is 1. The highest BCUT2D eigenvalue weighted by Gasteiger charge is 2.00. The van der Waals surface area contributed by atoms with Crippen LogP contribution in [0.15, 0.2) is 47.1 Å². The van der Waals surface area contributed by atoms with Gasteiger partial charge in [-0.15, -0.1) is 0 Å². The van der Waals surface area contributed by atoms with E-state index in [2.05, 4.69) is 58.2 Å². The minimum Gasteiger partial charge on any atom is -0.255 e. The maximum atomic E-state index is 4.45. The van der Waals surface area contributed by atoms with Crippen molar-refractivity contribution in [3.8, 4) is 11.3 Å². The molecule has 1 heterocycles. The molecule has 23 heavy (non-hydrogen) atoms. The number of aromatic nitrogens is 1. The number of pyridine rings is 1. The quantitative estimate of drug-likeness (QED) is 0.401. The second-order valence-electron chi connectivity index (χ2n) is 6.28. The number of rotatable bonds is 10. The van der Waals surface area contributed by atoms with Crippen LogP contribution in [0.3, 0.4) is 0 Å². The molecule has 0 atom stereocenters. The SMILES string of the molecule is CCCCCCCCCCc1ccc(-c2ccc(Br)cn2)cc1. The van der Waals surface area contributed by atoms with Gasteiger partial charge < -0.3 is 0 Å². The molecule has 1 aromatic carbocycles. The fourth-order valence-electron chi connectivity index (χ4n) is 2.85. The fraction of sp³-hybridized carbons (Fsp3) is 0.476. The largest absolute Gasteiger partial charge is 0.255 e. The average molecular weight is 374 g/mol. The van der Waals surface area contributed by atoms with E-state index in [1.165, 1.54) is 68.9 Å². The molecule has 0 radical (unpaired) electrons. The van der Waals surface area contributed by atoms with E-state index in [9.17, 15) is 0 Å².